The summed E-state index contributed by atoms with van der Waals surface area (Å²) >= 11 is 0. The van der Waals surface area contributed by atoms with Crippen LogP contribution < -0.4 is 10.7 Å². The third-order valence-corrected chi connectivity index (χ3v) is 2.47. The molecule has 0 aliphatic rings. The van der Waals surface area contributed by atoms with Crippen molar-refractivity contribution < 1.29 is 14.0 Å². The molecule has 5 nitrogen and oxygen atoms in total. The highest BCUT2D eigenvalue weighted by Gasteiger charge is 2.14. The number of nitrogens with zero attached hydrogens (tertiary/aromatic N) is 1. The van der Waals surface area contributed by atoms with Gasteiger partial charge < -0.3 is 5.32 Å². The van der Waals surface area contributed by atoms with Crippen LogP contribution in [0.25, 0.3) is 0 Å². The van der Waals surface area contributed by atoms with Gasteiger partial charge in [-0.2, -0.15) is 5.10 Å². The highest BCUT2D eigenvalue weighted by Crippen LogP contribution is 2.02. The summed E-state index contributed by atoms with van der Waals surface area (Å²) in [6.07, 6.45) is 1.86. The smallest absolute Gasteiger partial charge is 0.329 e. The van der Waals surface area contributed by atoms with E-state index in [9.17, 15) is 14.0 Å². The molecule has 2 amide bonds. The zero-order chi connectivity index (χ0) is 14.3. The Hall–Kier alpha value is -2.24. The number of hydrogen-bond donors (Lipinski definition) is 2. The number of carbonyl (C=O) groups excluding carboxylic acids is 2. The molecule has 0 bridgehead atoms. The summed E-state index contributed by atoms with van der Waals surface area (Å²) < 4.78 is 13.2. The largest absolute Gasteiger partial charge is 0.345 e. The van der Waals surface area contributed by atoms with Crippen molar-refractivity contribution in [3.63, 3.8) is 0 Å². The number of hydrogen-bond acceptors (Lipinski definition) is 3. The van der Waals surface area contributed by atoms with Gasteiger partial charge in [0.2, 0.25) is 0 Å². The van der Waals surface area contributed by atoms with Crippen LogP contribution in [0.5, 0.6) is 0 Å². The van der Waals surface area contributed by atoms with Crippen molar-refractivity contribution in [2.75, 3.05) is 0 Å². The second-order valence-electron chi connectivity index (χ2n) is 4.00. The van der Waals surface area contributed by atoms with Gasteiger partial charge in [-0.25, -0.2) is 9.82 Å². The maximum Gasteiger partial charge on any atom is 0.329 e. The van der Waals surface area contributed by atoms with Crippen LogP contribution in [0.3, 0.4) is 0 Å². The van der Waals surface area contributed by atoms with Crippen LogP contribution in [-0.4, -0.2) is 24.1 Å². The van der Waals surface area contributed by atoms with E-state index in [4.69, 9.17) is 0 Å². The molecule has 0 heterocycles. The lowest BCUT2D eigenvalue weighted by molar-refractivity contribution is -0.139. The molecule has 0 aliphatic heterocycles. The van der Waals surface area contributed by atoms with Gasteiger partial charge in [-0.05, 0) is 19.4 Å². The fourth-order valence-corrected chi connectivity index (χ4v) is 1.18. The van der Waals surface area contributed by atoms with Gasteiger partial charge in [0.05, 0.1) is 6.21 Å². The van der Waals surface area contributed by atoms with Gasteiger partial charge in [-0.15, -0.1) is 0 Å². The molecule has 2 N–H and O–H groups in total. The zero-order valence-electron chi connectivity index (χ0n) is 10.8. The van der Waals surface area contributed by atoms with E-state index in [-0.39, 0.29) is 11.6 Å². The van der Waals surface area contributed by atoms with Crippen molar-refractivity contribution in [3.05, 3.63) is 35.6 Å². The second kappa shape index (κ2) is 7.25. The summed E-state index contributed by atoms with van der Waals surface area (Å²) in [6, 6.07) is 5.88. The third kappa shape index (κ3) is 4.87. The average Bonchev–Trinajstić information content (AvgIpc) is 2.40. The Balaban J connectivity index is 2.50. The monoisotopic (exact) mass is 265 g/mol. The topological polar surface area (TPSA) is 70.6 Å². The lowest BCUT2D eigenvalue weighted by Gasteiger charge is -2.09. The molecule has 0 saturated heterocycles. The van der Waals surface area contributed by atoms with Crippen LogP contribution in [0, 0.1) is 5.82 Å². The minimum Gasteiger partial charge on any atom is -0.345 e. The van der Waals surface area contributed by atoms with Crippen LogP contribution in [0.2, 0.25) is 0 Å². The molecule has 0 fully saturated rings. The molecule has 0 aliphatic carbocycles. The van der Waals surface area contributed by atoms with Crippen LogP contribution >= 0.6 is 0 Å². The van der Waals surface area contributed by atoms with E-state index in [1.807, 2.05) is 12.3 Å². The van der Waals surface area contributed by atoms with Crippen LogP contribution in [-0.2, 0) is 9.59 Å². The van der Waals surface area contributed by atoms with Crippen LogP contribution in [0.1, 0.15) is 25.8 Å². The van der Waals surface area contributed by atoms with E-state index >= 15 is 0 Å². The first-order valence-corrected chi connectivity index (χ1v) is 5.93. The van der Waals surface area contributed by atoms with Crippen LogP contribution in [0.4, 0.5) is 4.39 Å². The number of hydrazone groups is 1. The molecular weight excluding hydrogens is 249 g/mol. The molecule has 0 aromatic heterocycles. The number of benzene rings is 1. The van der Waals surface area contributed by atoms with Gasteiger partial charge in [0, 0.05) is 11.6 Å². The highest BCUT2D eigenvalue weighted by molar-refractivity contribution is 6.35. The van der Waals surface area contributed by atoms with Gasteiger partial charge in [-0.1, -0.05) is 25.1 Å². The van der Waals surface area contributed by atoms with Gasteiger partial charge in [0.15, 0.2) is 0 Å². The number of carbonyl (C=O) groups is 2. The third-order valence-electron chi connectivity index (χ3n) is 2.47. The SMILES string of the molecule is CC[C@@H](C)NC(=O)C(=O)N/N=C\c1ccccc1F. The van der Waals surface area contributed by atoms with Crippen LogP contribution in [0.15, 0.2) is 29.4 Å². The predicted molar refractivity (Wildman–Crippen MR) is 70.0 cm³/mol. The summed E-state index contributed by atoms with van der Waals surface area (Å²) in [5, 5.41) is 6.02. The number of halogens is 1. The lowest BCUT2D eigenvalue weighted by atomic mass is 10.2. The zero-order valence-corrected chi connectivity index (χ0v) is 10.8. The Bertz CT molecular complexity index is 489. The molecule has 19 heavy (non-hydrogen) atoms. The van der Waals surface area contributed by atoms with E-state index in [1.165, 1.54) is 12.1 Å². The molecule has 0 saturated carbocycles. The maximum absolute atomic E-state index is 13.2. The first kappa shape index (κ1) is 14.8. The molecule has 1 rings (SSSR count). The average molecular weight is 265 g/mol. The molecule has 0 radical (unpaired) electrons. The lowest BCUT2D eigenvalue weighted by Crippen LogP contribution is -2.41. The predicted octanol–water partition coefficient (Wildman–Crippen LogP) is 1.19. The van der Waals surface area contributed by atoms with Crippen molar-refractivity contribution >= 4 is 18.0 Å². The summed E-state index contributed by atoms with van der Waals surface area (Å²) in [4.78, 5) is 22.7. The fourth-order valence-electron chi connectivity index (χ4n) is 1.18. The Kier molecular flexibility index (Phi) is 5.66. The second-order valence-corrected chi connectivity index (χ2v) is 4.00. The Morgan fingerprint density at radius 1 is 1.37 bits per heavy atom. The standard InChI is InChI=1S/C13H16FN3O2/c1-3-9(2)16-12(18)13(19)17-15-8-10-6-4-5-7-11(10)14/h4-9H,3H2,1-2H3,(H,16,18)(H,17,19)/b15-8-/t9-/m1/s1. The van der Waals surface area contributed by atoms with Crippen molar-refractivity contribution in [3.8, 4) is 0 Å². The van der Waals surface area contributed by atoms with Gasteiger partial charge in [0.25, 0.3) is 0 Å². The Morgan fingerprint density at radius 2 is 2.05 bits per heavy atom. The van der Waals surface area contributed by atoms with E-state index in [1.54, 1.807) is 19.1 Å². The summed E-state index contributed by atoms with van der Waals surface area (Å²) in [6.45, 7) is 3.67. The van der Waals surface area contributed by atoms with E-state index in [0.717, 1.165) is 12.6 Å². The van der Waals surface area contributed by atoms with E-state index in [2.05, 4.69) is 10.4 Å². The summed E-state index contributed by atoms with van der Waals surface area (Å²) in [5.74, 6) is -2.10. The highest BCUT2D eigenvalue weighted by atomic mass is 19.1. The molecule has 0 spiro atoms. The van der Waals surface area contributed by atoms with Crippen molar-refractivity contribution in [1.82, 2.24) is 10.7 Å². The molecule has 102 valence electrons. The normalized spacial score (nSPS) is 12.2. The van der Waals surface area contributed by atoms with Crippen molar-refractivity contribution in [2.24, 2.45) is 5.10 Å². The Morgan fingerprint density at radius 3 is 2.68 bits per heavy atom. The summed E-state index contributed by atoms with van der Waals surface area (Å²) in [7, 11) is 0. The van der Waals surface area contributed by atoms with Gasteiger partial charge >= 0.3 is 11.8 Å². The minimum atomic E-state index is -0.882. The summed E-state index contributed by atoms with van der Waals surface area (Å²) in [5.41, 5.74) is 2.27. The maximum atomic E-state index is 13.2. The fraction of sp³-hybridized carbons (Fsp3) is 0.308. The number of amides is 2. The minimum absolute atomic E-state index is 0.0891. The number of rotatable bonds is 4. The Labute approximate surface area is 110 Å². The molecule has 1 aromatic carbocycles. The first-order chi connectivity index (χ1) is 9.04. The number of nitrogens with one attached hydrogen (secondary N) is 2. The van der Waals surface area contributed by atoms with Crippen molar-refractivity contribution in [2.45, 2.75) is 26.3 Å². The molecule has 6 heteroatoms. The molecule has 1 aromatic rings. The van der Waals surface area contributed by atoms with Crippen molar-refractivity contribution in [1.29, 1.82) is 0 Å². The first-order valence-electron chi connectivity index (χ1n) is 5.93. The molecular formula is C13H16FN3O2. The van der Waals surface area contributed by atoms with E-state index in [0.29, 0.717) is 0 Å². The van der Waals surface area contributed by atoms with Gasteiger partial charge in [0.1, 0.15) is 5.82 Å². The molecule has 1 atom stereocenters. The quantitative estimate of drug-likeness (QED) is 0.487. The molecule has 0 unspecified atom stereocenters. The van der Waals surface area contributed by atoms with Gasteiger partial charge in [-0.3, -0.25) is 9.59 Å². The van der Waals surface area contributed by atoms with E-state index < -0.39 is 17.6 Å².